The van der Waals surface area contributed by atoms with E-state index in [9.17, 15) is 0 Å². The second kappa shape index (κ2) is 7.06. The number of aromatic nitrogens is 3. The maximum absolute atomic E-state index is 5.77. The molecule has 1 aliphatic heterocycles. The predicted molar refractivity (Wildman–Crippen MR) is 82.0 cm³/mol. The minimum atomic E-state index is 0.336. The number of aryl methyl sites for hydroxylation is 1. The lowest BCUT2D eigenvalue weighted by Gasteiger charge is -2.23. The van der Waals surface area contributed by atoms with E-state index in [1.165, 1.54) is 6.42 Å². The van der Waals surface area contributed by atoms with E-state index in [1.54, 1.807) is 11.3 Å². The molecule has 5 nitrogen and oxygen atoms in total. The lowest BCUT2D eigenvalue weighted by Crippen LogP contribution is -2.31. The Kier molecular flexibility index (Phi) is 4.90. The van der Waals surface area contributed by atoms with Gasteiger partial charge in [0.15, 0.2) is 0 Å². The maximum Gasteiger partial charge on any atom is 0.131 e. The molecular formula is C15H20N4OS. The molecule has 112 valence electrons. The number of rotatable bonds is 6. The van der Waals surface area contributed by atoms with Gasteiger partial charge in [0.25, 0.3) is 0 Å². The van der Waals surface area contributed by atoms with Crippen LogP contribution in [0.1, 0.15) is 28.6 Å². The standard InChI is InChI=1S/C15H20N4OS/c1-12-17-18-15(21-12)11-19(10-14-6-4-8-20-14)9-13-5-2-3-7-16-13/h2-3,5,7,14H,4,6,8-11H2,1H3/t14-/m0/s1. The Morgan fingerprint density at radius 2 is 2.29 bits per heavy atom. The van der Waals surface area contributed by atoms with Gasteiger partial charge < -0.3 is 4.74 Å². The third kappa shape index (κ3) is 4.30. The van der Waals surface area contributed by atoms with Gasteiger partial charge in [-0.15, -0.1) is 21.5 Å². The summed E-state index contributed by atoms with van der Waals surface area (Å²) >= 11 is 1.66. The quantitative estimate of drug-likeness (QED) is 0.820. The number of nitrogens with zero attached hydrogens (tertiary/aromatic N) is 4. The molecule has 1 fully saturated rings. The summed E-state index contributed by atoms with van der Waals surface area (Å²) in [5.74, 6) is 0. The van der Waals surface area contributed by atoms with E-state index in [2.05, 4.69) is 26.1 Å². The van der Waals surface area contributed by atoms with E-state index in [4.69, 9.17) is 4.74 Å². The van der Waals surface area contributed by atoms with E-state index < -0.39 is 0 Å². The Balaban J connectivity index is 1.67. The highest BCUT2D eigenvalue weighted by Gasteiger charge is 2.20. The number of hydrogen-bond acceptors (Lipinski definition) is 6. The maximum atomic E-state index is 5.77. The monoisotopic (exact) mass is 304 g/mol. The topological polar surface area (TPSA) is 51.1 Å². The molecule has 0 bridgehead atoms. The van der Waals surface area contributed by atoms with Crippen molar-refractivity contribution in [2.45, 2.75) is 39.0 Å². The number of hydrogen-bond donors (Lipinski definition) is 0. The summed E-state index contributed by atoms with van der Waals surface area (Å²) in [5, 5.41) is 10.4. The van der Waals surface area contributed by atoms with Crippen LogP contribution in [0.25, 0.3) is 0 Å². The van der Waals surface area contributed by atoms with Crippen molar-refractivity contribution in [1.29, 1.82) is 0 Å². The van der Waals surface area contributed by atoms with Gasteiger partial charge in [-0.3, -0.25) is 9.88 Å². The Labute approximate surface area is 129 Å². The van der Waals surface area contributed by atoms with Gasteiger partial charge in [0.1, 0.15) is 10.0 Å². The van der Waals surface area contributed by atoms with Crippen LogP contribution >= 0.6 is 11.3 Å². The molecule has 0 amide bonds. The molecule has 0 N–H and O–H groups in total. The Hall–Kier alpha value is -1.37. The lowest BCUT2D eigenvalue weighted by atomic mass is 10.2. The zero-order valence-electron chi connectivity index (χ0n) is 12.2. The lowest BCUT2D eigenvalue weighted by molar-refractivity contribution is 0.0674. The molecule has 2 aromatic heterocycles. The molecule has 1 atom stereocenters. The molecule has 1 saturated heterocycles. The number of ether oxygens (including phenoxy) is 1. The van der Waals surface area contributed by atoms with Crippen molar-refractivity contribution in [3.05, 3.63) is 40.1 Å². The third-order valence-electron chi connectivity index (χ3n) is 3.52. The van der Waals surface area contributed by atoms with Crippen LogP contribution in [0, 0.1) is 6.92 Å². The van der Waals surface area contributed by atoms with Gasteiger partial charge in [0.05, 0.1) is 18.3 Å². The van der Waals surface area contributed by atoms with Gasteiger partial charge in [-0.25, -0.2) is 0 Å². The highest BCUT2D eigenvalue weighted by atomic mass is 32.1. The van der Waals surface area contributed by atoms with E-state index >= 15 is 0 Å². The largest absolute Gasteiger partial charge is 0.377 e. The summed E-state index contributed by atoms with van der Waals surface area (Å²) in [6.45, 7) is 5.43. The second-order valence-corrected chi connectivity index (χ2v) is 6.61. The summed E-state index contributed by atoms with van der Waals surface area (Å²) < 4.78 is 5.77. The van der Waals surface area contributed by atoms with Crippen molar-refractivity contribution in [2.75, 3.05) is 13.2 Å². The highest BCUT2D eigenvalue weighted by Crippen LogP contribution is 2.18. The molecular weight excluding hydrogens is 284 g/mol. The van der Waals surface area contributed by atoms with Crippen LogP contribution in [0.3, 0.4) is 0 Å². The van der Waals surface area contributed by atoms with E-state index in [-0.39, 0.29) is 0 Å². The molecule has 0 radical (unpaired) electrons. The molecule has 0 unspecified atom stereocenters. The van der Waals surface area contributed by atoms with Crippen molar-refractivity contribution in [3.8, 4) is 0 Å². The van der Waals surface area contributed by atoms with Gasteiger partial charge in [-0.05, 0) is 31.9 Å². The first-order valence-corrected chi connectivity index (χ1v) is 8.14. The fourth-order valence-electron chi connectivity index (χ4n) is 2.57. The summed E-state index contributed by atoms with van der Waals surface area (Å²) in [4.78, 5) is 6.78. The molecule has 2 aromatic rings. The van der Waals surface area contributed by atoms with Crippen molar-refractivity contribution < 1.29 is 4.74 Å². The normalized spacial score (nSPS) is 18.5. The smallest absolute Gasteiger partial charge is 0.131 e. The SMILES string of the molecule is Cc1nnc(CN(Cc2ccccn2)C[C@@H]2CCCO2)s1. The van der Waals surface area contributed by atoms with Gasteiger partial charge in [-0.1, -0.05) is 6.07 Å². The van der Waals surface area contributed by atoms with Crippen LogP contribution < -0.4 is 0 Å². The highest BCUT2D eigenvalue weighted by molar-refractivity contribution is 7.11. The van der Waals surface area contributed by atoms with Gasteiger partial charge in [-0.2, -0.15) is 0 Å². The van der Waals surface area contributed by atoms with E-state index in [1.807, 2.05) is 25.3 Å². The Morgan fingerprint density at radius 3 is 2.95 bits per heavy atom. The summed E-state index contributed by atoms with van der Waals surface area (Å²) in [6, 6.07) is 6.04. The van der Waals surface area contributed by atoms with Crippen LogP contribution in [-0.4, -0.2) is 39.3 Å². The van der Waals surface area contributed by atoms with Crippen LogP contribution in [0.4, 0.5) is 0 Å². The zero-order valence-corrected chi connectivity index (χ0v) is 13.1. The molecule has 0 aromatic carbocycles. The summed E-state index contributed by atoms with van der Waals surface area (Å²) in [5.41, 5.74) is 1.08. The van der Waals surface area contributed by atoms with Crippen molar-refractivity contribution in [2.24, 2.45) is 0 Å². The first-order valence-electron chi connectivity index (χ1n) is 7.32. The van der Waals surface area contributed by atoms with Gasteiger partial charge in [0, 0.05) is 25.9 Å². The van der Waals surface area contributed by atoms with Crippen molar-refractivity contribution in [3.63, 3.8) is 0 Å². The first kappa shape index (κ1) is 14.6. The molecule has 0 spiro atoms. The van der Waals surface area contributed by atoms with E-state index in [0.29, 0.717) is 6.10 Å². The molecule has 0 saturated carbocycles. The minimum absolute atomic E-state index is 0.336. The van der Waals surface area contributed by atoms with Crippen molar-refractivity contribution >= 4 is 11.3 Å². The van der Waals surface area contributed by atoms with Crippen LogP contribution in [0.2, 0.25) is 0 Å². The van der Waals surface area contributed by atoms with Crippen LogP contribution in [0.5, 0.6) is 0 Å². The molecule has 6 heteroatoms. The van der Waals surface area contributed by atoms with Gasteiger partial charge in [0.2, 0.25) is 0 Å². The number of pyridine rings is 1. The Morgan fingerprint density at radius 1 is 1.33 bits per heavy atom. The average molecular weight is 304 g/mol. The Bertz CT molecular complexity index is 554. The molecule has 0 aliphatic carbocycles. The average Bonchev–Trinajstić information content (AvgIpc) is 3.12. The van der Waals surface area contributed by atoms with Crippen molar-refractivity contribution in [1.82, 2.24) is 20.1 Å². The van der Waals surface area contributed by atoms with Crippen LogP contribution in [-0.2, 0) is 17.8 Å². The molecule has 3 heterocycles. The fraction of sp³-hybridized carbons (Fsp3) is 0.533. The predicted octanol–water partition coefficient (Wildman–Crippen LogP) is 2.42. The molecule has 3 rings (SSSR count). The molecule has 1 aliphatic rings. The van der Waals surface area contributed by atoms with Crippen LogP contribution in [0.15, 0.2) is 24.4 Å². The molecule has 21 heavy (non-hydrogen) atoms. The third-order valence-corrected chi connectivity index (χ3v) is 4.35. The minimum Gasteiger partial charge on any atom is -0.377 e. The first-order chi connectivity index (χ1) is 10.3. The fourth-order valence-corrected chi connectivity index (χ4v) is 3.33. The van der Waals surface area contributed by atoms with E-state index in [0.717, 1.165) is 48.4 Å². The summed E-state index contributed by atoms with van der Waals surface area (Å²) in [6.07, 6.45) is 4.49. The zero-order chi connectivity index (χ0) is 14.5. The van der Waals surface area contributed by atoms with Gasteiger partial charge >= 0.3 is 0 Å². The summed E-state index contributed by atoms with van der Waals surface area (Å²) in [7, 11) is 0. The second-order valence-electron chi connectivity index (χ2n) is 5.34.